The Balaban J connectivity index is 1.44. The first-order valence-electron chi connectivity index (χ1n) is 11.0. The molecule has 1 unspecified atom stereocenters. The summed E-state index contributed by atoms with van der Waals surface area (Å²) in [6.45, 7) is 1.73. The van der Waals surface area contributed by atoms with E-state index in [1.54, 1.807) is 18.2 Å². The Labute approximate surface area is 200 Å². The molecule has 2 atom stereocenters. The van der Waals surface area contributed by atoms with Gasteiger partial charge >= 0.3 is 12.1 Å². The van der Waals surface area contributed by atoms with Gasteiger partial charge in [-0.25, -0.2) is 14.2 Å². The molecular formula is C23H24FN5O6. The predicted molar refractivity (Wildman–Crippen MR) is 122 cm³/mol. The highest BCUT2D eigenvalue weighted by molar-refractivity contribution is 5.99. The first-order valence-corrected chi connectivity index (χ1v) is 11.0. The number of carbonyl (C=O) groups is 4. The number of hydrogen-bond acceptors (Lipinski definition) is 8. The van der Waals surface area contributed by atoms with Crippen molar-refractivity contribution in [2.24, 2.45) is 5.73 Å². The molecule has 2 aromatic rings. The number of cyclic esters (lactones) is 1. The van der Waals surface area contributed by atoms with Gasteiger partial charge in [0.05, 0.1) is 25.3 Å². The van der Waals surface area contributed by atoms with Crippen molar-refractivity contribution in [3.05, 3.63) is 42.3 Å². The van der Waals surface area contributed by atoms with Crippen molar-refractivity contribution in [3.63, 3.8) is 0 Å². The average Bonchev–Trinajstić information content (AvgIpc) is 3.39. The summed E-state index contributed by atoms with van der Waals surface area (Å²) in [4.78, 5) is 54.1. The summed E-state index contributed by atoms with van der Waals surface area (Å²) < 4.78 is 25.2. The highest BCUT2D eigenvalue weighted by Crippen LogP contribution is 2.30. The molecule has 0 spiro atoms. The Morgan fingerprint density at radius 3 is 2.71 bits per heavy atom. The van der Waals surface area contributed by atoms with E-state index in [-0.39, 0.29) is 31.1 Å². The van der Waals surface area contributed by atoms with Crippen molar-refractivity contribution in [1.29, 1.82) is 0 Å². The number of pyridine rings is 1. The normalized spacial score (nSPS) is 19.6. The molecule has 4 rings (SSSR count). The van der Waals surface area contributed by atoms with E-state index in [9.17, 15) is 23.6 Å². The number of ether oxygens (including phenoxy) is 2. The molecule has 2 aliphatic heterocycles. The van der Waals surface area contributed by atoms with E-state index in [1.807, 2.05) is 0 Å². The van der Waals surface area contributed by atoms with Crippen LogP contribution in [-0.2, 0) is 23.9 Å². The van der Waals surface area contributed by atoms with Crippen LogP contribution in [0.25, 0.3) is 11.1 Å². The Hall–Kier alpha value is -4.06. The number of aromatic nitrogens is 1. The highest BCUT2D eigenvalue weighted by atomic mass is 19.1. The SMILES string of the molecule is CC(=O)NCC1CN(c2ccc(-c3ccc(N4CC[C@H](OC(=O)CN)C4=O)nc3)c(F)c2)C(=O)O1. The van der Waals surface area contributed by atoms with Crippen molar-refractivity contribution < 1.29 is 33.0 Å². The minimum atomic E-state index is -0.896. The molecule has 3 heterocycles. The average molecular weight is 485 g/mol. The number of esters is 1. The molecule has 3 amide bonds. The lowest BCUT2D eigenvalue weighted by Gasteiger charge is -2.17. The molecule has 3 N–H and O–H groups in total. The maximum absolute atomic E-state index is 15.0. The Morgan fingerprint density at radius 2 is 2.06 bits per heavy atom. The van der Waals surface area contributed by atoms with Gasteiger partial charge in [-0.15, -0.1) is 0 Å². The summed E-state index contributed by atoms with van der Waals surface area (Å²) in [5.41, 5.74) is 6.29. The third kappa shape index (κ3) is 5.22. The number of halogens is 1. The van der Waals surface area contributed by atoms with E-state index in [0.29, 0.717) is 30.0 Å². The summed E-state index contributed by atoms with van der Waals surface area (Å²) in [6, 6.07) is 7.55. The summed E-state index contributed by atoms with van der Waals surface area (Å²) in [7, 11) is 0. The van der Waals surface area contributed by atoms with Crippen LogP contribution >= 0.6 is 0 Å². The van der Waals surface area contributed by atoms with Gasteiger partial charge in [-0.3, -0.25) is 24.2 Å². The zero-order chi connectivity index (χ0) is 25.1. The first-order chi connectivity index (χ1) is 16.8. The van der Waals surface area contributed by atoms with Gasteiger partial charge in [0.15, 0.2) is 6.10 Å². The Morgan fingerprint density at radius 1 is 1.26 bits per heavy atom. The minimum absolute atomic E-state index is 0.172. The van der Waals surface area contributed by atoms with E-state index in [2.05, 4.69) is 10.3 Å². The fourth-order valence-electron chi connectivity index (χ4n) is 3.90. The van der Waals surface area contributed by atoms with Crippen molar-refractivity contribution >= 4 is 35.4 Å². The largest absolute Gasteiger partial charge is 0.451 e. The molecule has 1 aromatic carbocycles. The van der Waals surface area contributed by atoms with Crippen LogP contribution in [-0.4, -0.2) is 67.2 Å². The highest BCUT2D eigenvalue weighted by Gasteiger charge is 2.36. The van der Waals surface area contributed by atoms with Crippen LogP contribution < -0.4 is 20.9 Å². The van der Waals surface area contributed by atoms with Crippen molar-refractivity contribution in [1.82, 2.24) is 10.3 Å². The van der Waals surface area contributed by atoms with Crippen molar-refractivity contribution in [2.75, 3.05) is 36.0 Å². The van der Waals surface area contributed by atoms with E-state index >= 15 is 0 Å². The van der Waals surface area contributed by atoms with E-state index in [4.69, 9.17) is 15.2 Å². The smallest absolute Gasteiger partial charge is 0.414 e. The van der Waals surface area contributed by atoms with Crippen molar-refractivity contribution in [3.8, 4) is 11.1 Å². The van der Waals surface area contributed by atoms with Crippen LogP contribution in [0.1, 0.15) is 13.3 Å². The summed E-state index contributed by atoms with van der Waals surface area (Å²) >= 11 is 0. The molecule has 184 valence electrons. The number of amides is 3. The van der Waals surface area contributed by atoms with E-state index in [1.165, 1.54) is 35.1 Å². The van der Waals surface area contributed by atoms with Crippen LogP contribution in [0.15, 0.2) is 36.5 Å². The zero-order valence-corrected chi connectivity index (χ0v) is 18.9. The monoisotopic (exact) mass is 485 g/mol. The third-order valence-electron chi connectivity index (χ3n) is 5.65. The van der Waals surface area contributed by atoms with Crippen LogP contribution in [0.4, 0.5) is 20.7 Å². The van der Waals surface area contributed by atoms with Crippen LogP contribution in [0.3, 0.4) is 0 Å². The van der Waals surface area contributed by atoms with E-state index in [0.717, 1.165) is 0 Å². The number of nitrogens with zero attached hydrogens (tertiary/aromatic N) is 3. The molecule has 11 nitrogen and oxygen atoms in total. The zero-order valence-electron chi connectivity index (χ0n) is 18.9. The second kappa shape index (κ2) is 10.1. The number of nitrogens with one attached hydrogen (secondary N) is 1. The second-order valence-electron chi connectivity index (χ2n) is 8.08. The van der Waals surface area contributed by atoms with Gasteiger partial charge in [0.1, 0.15) is 17.7 Å². The molecule has 0 saturated carbocycles. The lowest BCUT2D eigenvalue weighted by Crippen LogP contribution is -2.33. The Bertz CT molecular complexity index is 1160. The standard InChI is InChI=1S/C23H24FN5O6/c1-13(30)26-11-16-12-29(23(33)34-16)15-3-4-17(18(24)8-15)14-2-5-20(27-10-14)28-7-6-19(22(28)32)35-21(31)9-25/h2-5,8,10,16,19H,6-7,9,11-12,25H2,1H3,(H,26,30)/t16?,19-/m0/s1. The topological polar surface area (TPSA) is 144 Å². The minimum Gasteiger partial charge on any atom is -0.451 e. The fraction of sp³-hybridized carbons (Fsp3) is 0.348. The molecule has 35 heavy (non-hydrogen) atoms. The lowest BCUT2D eigenvalue weighted by molar-refractivity contribution is -0.152. The summed E-state index contributed by atoms with van der Waals surface area (Å²) in [6.07, 6.45) is -0.281. The molecular weight excluding hydrogens is 461 g/mol. The molecule has 2 aliphatic rings. The number of carbonyl (C=O) groups excluding carboxylic acids is 4. The molecule has 0 bridgehead atoms. The molecule has 1 aromatic heterocycles. The van der Waals surface area contributed by atoms with Gasteiger partial charge in [-0.05, 0) is 30.3 Å². The molecule has 2 saturated heterocycles. The van der Waals surface area contributed by atoms with Gasteiger partial charge in [0.25, 0.3) is 5.91 Å². The van der Waals surface area contributed by atoms with Crippen LogP contribution in [0, 0.1) is 5.82 Å². The number of anilines is 2. The number of nitrogens with two attached hydrogens (primary N) is 1. The first kappa shape index (κ1) is 24.1. The quantitative estimate of drug-likeness (QED) is 0.552. The van der Waals surface area contributed by atoms with Crippen LogP contribution in [0.2, 0.25) is 0 Å². The predicted octanol–water partition coefficient (Wildman–Crippen LogP) is 0.956. The Kier molecular flexibility index (Phi) is 6.92. The third-order valence-corrected chi connectivity index (χ3v) is 5.65. The van der Waals surface area contributed by atoms with Gasteiger partial charge in [-0.2, -0.15) is 0 Å². The number of hydrogen-bond donors (Lipinski definition) is 2. The van der Waals surface area contributed by atoms with Crippen LogP contribution in [0.5, 0.6) is 0 Å². The maximum Gasteiger partial charge on any atom is 0.414 e. The van der Waals surface area contributed by atoms with Gasteiger partial charge in [0.2, 0.25) is 5.91 Å². The molecule has 12 heteroatoms. The number of rotatable bonds is 7. The van der Waals surface area contributed by atoms with Gasteiger partial charge in [-0.1, -0.05) is 0 Å². The molecule has 2 fully saturated rings. The maximum atomic E-state index is 15.0. The van der Waals surface area contributed by atoms with Gasteiger partial charge < -0.3 is 20.5 Å². The van der Waals surface area contributed by atoms with E-state index < -0.39 is 36.0 Å². The second-order valence-corrected chi connectivity index (χ2v) is 8.08. The van der Waals surface area contributed by atoms with Gasteiger partial charge in [0, 0.05) is 37.2 Å². The molecule has 0 aliphatic carbocycles. The molecule has 0 radical (unpaired) electrons. The van der Waals surface area contributed by atoms with Crippen molar-refractivity contribution in [2.45, 2.75) is 25.6 Å². The number of benzene rings is 1. The lowest BCUT2D eigenvalue weighted by atomic mass is 10.1. The summed E-state index contributed by atoms with van der Waals surface area (Å²) in [5.74, 6) is -1.50. The summed E-state index contributed by atoms with van der Waals surface area (Å²) in [5, 5.41) is 2.59. The fourth-order valence-corrected chi connectivity index (χ4v) is 3.90.